The molecule has 3 rings (SSSR count). The van der Waals surface area contributed by atoms with Gasteiger partial charge in [0.15, 0.2) is 0 Å². The van der Waals surface area contributed by atoms with Crippen molar-refractivity contribution in [3.63, 3.8) is 0 Å². The summed E-state index contributed by atoms with van der Waals surface area (Å²) >= 11 is 0. The first kappa shape index (κ1) is 14.8. The van der Waals surface area contributed by atoms with Gasteiger partial charge in [-0.05, 0) is 51.4 Å². The van der Waals surface area contributed by atoms with Crippen LogP contribution in [0.4, 0.5) is 0 Å². The van der Waals surface area contributed by atoms with E-state index < -0.39 is 11.4 Å². The molecular weight excluding hydrogens is 268 g/mol. The molecule has 3 N–H and O–H groups in total. The van der Waals surface area contributed by atoms with E-state index in [0.29, 0.717) is 30.8 Å². The Balaban J connectivity index is 1.53. The van der Waals surface area contributed by atoms with E-state index in [9.17, 15) is 14.7 Å². The normalized spacial score (nSPS) is 42.0. The van der Waals surface area contributed by atoms with Crippen LogP contribution in [0.15, 0.2) is 0 Å². The second-order valence-electron chi connectivity index (χ2n) is 7.41. The first-order valence-corrected chi connectivity index (χ1v) is 8.26. The van der Waals surface area contributed by atoms with Gasteiger partial charge >= 0.3 is 5.97 Å². The zero-order valence-corrected chi connectivity index (χ0v) is 12.7. The van der Waals surface area contributed by atoms with Gasteiger partial charge in [-0.1, -0.05) is 6.42 Å². The van der Waals surface area contributed by atoms with E-state index in [1.165, 1.54) is 12.8 Å². The first-order chi connectivity index (χ1) is 9.97. The Morgan fingerprint density at radius 1 is 1.24 bits per heavy atom. The summed E-state index contributed by atoms with van der Waals surface area (Å²) in [4.78, 5) is 23.7. The van der Waals surface area contributed by atoms with Crippen LogP contribution in [0.3, 0.4) is 0 Å². The van der Waals surface area contributed by atoms with Gasteiger partial charge in [0.05, 0.1) is 5.41 Å². The summed E-state index contributed by atoms with van der Waals surface area (Å²) in [6.45, 7) is 1.76. The number of carbonyl (C=O) groups is 2. The molecule has 3 aliphatic rings. The van der Waals surface area contributed by atoms with E-state index in [-0.39, 0.29) is 11.9 Å². The van der Waals surface area contributed by atoms with E-state index in [1.54, 1.807) is 6.92 Å². The predicted octanol–water partition coefficient (Wildman–Crippen LogP) is 1.67. The summed E-state index contributed by atoms with van der Waals surface area (Å²) in [5.41, 5.74) is -0.789. The van der Waals surface area contributed by atoms with Crippen LogP contribution >= 0.6 is 0 Å². The Hall–Kier alpha value is -1.10. The van der Waals surface area contributed by atoms with Crippen molar-refractivity contribution < 1.29 is 14.7 Å². The van der Waals surface area contributed by atoms with Gasteiger partial charge < -0.3 is 15.7 Å². The lowest BCUT2D eigenvalue weighted by Crippen LogP contribution is -2.48. The highest BCUT2D eigenvalue weighted by molar-refractivity contribution is 5.80. The number of amides is 1. The van der Waals surface area contributed by atoms with E-state index in [0.717, 1.165) is 25.7 Å². The molecule has 5 nitrogen and oxygen atoms in total. The zero-order chi connectivity index (χ0) is 15.0. The monoisotopic (exact) mass is 294 g/mol. The Morgan fingerprint density at radius 2 is 1.90 bits per heavy atom. The third kappa shape index (κ3) is 2.93. The van der Waals surface area contributed by atoms with Crippen molar-refractivity contribution in [3.8, 4) is 0 Å². The molecule has 2 heterocycles. The minimum Gasteiger partial charge on any atom is -0.481 e. The molecule has 0 aromatic rings. The van der Waals surface area contributed by atoms with Gasteiger partial charge in [0, 0.05) is 24.5 Å². The number of carboxylic acids is 1. The number of nitrogens with one attached hydrogen (secondary N) is 2. The average molecular weight is 294 g/mol. The van der Waals surface area contributed by atoms with Crippen molar-refractivity contribution in [2.75, 3.05) is 0 Å². The average Bonchev–Trinajstić information content (AvgIpc) is 2.94. The fourth-order valence-electron chi connectivity index (χ4n) is 4.51. The summed E-state index contributed by atoms with van der Waals surface area (Å²) in [5, 5.41) is 16.0. The van der Waals surface area contributed by atoms with Crippen LogP contribution in [0.2, 0.25) is 0 Å². The van der Waals surface area contributed by atoms with Gasteiger partial charge in [-0.2, -0.15) is 0 Å². The molecule has 4 unspecified atom stereocenters. The van der Waals surface area contributed by atoms with Crippen molar-refractivity contribution >= 4 is 11.9 Å². The van der Waals surface area contributed by atoms with Gasteiger partial charge in [0.2, 0.25) is 5.91 Å². The number of carboxylic acid groups (broad SMARTS) is 1. The van der Waals surface area contributed by atoms with E-state index in [1.807, 2.05) is 0 Å². The van der Waals surface area contributed by atoms with Gasteiger partial charge in [-0.3, -0.25) is 9.59 Å². The Bertz CT molecular complexity index is 427. The molecule has 1 amide bonds. The SMILES string of the molecule is CC1(C(=O)O)CCCC1NC(=O)CC1CC2CCC(C1)N2. The van der Waals surface area contributed by atoms with E-state index in [2.05, 4.69) is 10.6 Å². The highest BCUT2D eigenvalue weighted by atomic mass is 16.4. The molecule has 0 aromatic carbocycles. The molecule has 4 atom stereocenters. The fraction of sp³-hybridized carbons (Fsp3) is 0.875. The molecule has 118 valence electrons. The third-order valence-corrected chi connectivity index (χ3v) is 5.83. The smallest absolute Gasteiger partial charge is 0.311 e. The lowest BCUT2D eigenvalue weighted by molar-refractivity contribution is -0.149. The maximum Gasteiger partial charge on any atom is 0.311 e. The van der Waals surface area contributed by atoms with Gasteiger partial charge in [0.25, 0.3) is 0 Å². The number of piperidine rings is 1. The maximum absolute atomic E-state index is 12.3. The maximum atomic E-state index is 12.3. The van der Waals surface area contributed by atoms with E-state index >= 15 is 0 Å². The number of hydrogen-bond donors (Lipinski definition) is 3. The van der Waals surface area contributed by atoms with Crippen LogP contribution in [0.5, 0.6) is 0 Å². The van der Waals surface area contributed by atoms with Crippen molar-refractivity contribution in [2.24, 2.45) is 11.3 Å². The van der Waals surface area contributed by atoms with Crippen molar-refractivity contribution in [2.45, 2.75) is 76.4 Å². The quantitative estimate of drug-likeness (QED) is 0.737. The molecular formula is C16H26N2O3. The molecule has 2 aliphatic heterocycles. The molecule has 1 saturated carbocycles. The van der Waals surface area contributed by atoms with Crippen molar-refractivity contribution in [3.05, 3.63) is 0 Å². The van der Waals surface area contributed by atoms with Crippen LogP contribution in [0.1, 0.15) is 58.3 Å². The molecule has 5 heteroatoms. The van der Waals surface area contributed by atoms with Gasteiger partial charge in [-0.15, -0.1) is 0 Å². The molecule has 0 aromatic heterocycles. The fourth-order valence-corrected chi connectivity index (χ4v) is 4.51. The lowest BCUT2D eigenvalue weighted by atomic mass is 9.84. The highest BCUT2D eigenvalue weighted by Crippen LogP contribution is 2.38. The molecule has 1 aliphatic carbocycles. The van der Waals surface area contributed by atoms with Crippen LogP contribution in [0.25, 0.3) is 0 Å². The third-order valence-electron chi connectivity index (χ3n) is 5.83. The summed E-state index contributed by atoms with van der Waals surface area (Å²) in [7, 11) is 0. The zero-order valence-electron chi connectivity index (χ0n) is 12.7. The highest BCUT2D eigenvalue weighted by Gasteiger charge is 2.46. The Morgan fingerprint density at radius 3 is 2.52 bits per heavy atom. The van der Waals surface area contributed by atoms with Crippen LogP contribution in [0, 0.1) is 11.3 Å². The summed E-state index contributed by atoms with van der Waals surface area (Å²) in [6.07, 6.45) is 7.53. The molecule has 2 saturated heterocycles. The second kappa shape index (κ2) is 5.59. The molecule has 2 bridgehead atoms. The van der Waals surface area contributed by atoms with Crippen LogP contribution < -0.4 is 10.6 Å². The Labute approximate surface area is 125 Å². The molecule has 21 heavy (non-hydrogen) atoms. The predicted molar refractivity (Wildman–Crippen MR) is 78.8 cm³/mol. The summed E-state index contributed by atoms with van der Waals surface area (Å²) in [5.74, 6) is -0.285. The number of aliphatic carboxylic acids is 1. The standard InChI is InChI=1S/C16H26N2O3/c1-16(15(20)21)6-2-3-13(16)18-14(19)9-10-7-11-4-5-12(8-10)17-11/h10-13,17H,2-9H2,1H3,(H,18,19)(H,20,21). The van der Waals surface area contributed by atoms with Crippen molar-refractivity contribution in [1.82, 2.24) is 10.6 Å². The van der Waals surface area contributed by atoms with Gasteiger partial charge in [-0.25, -0.2) is 0 Å². The van der Waals surface area contributed by atoms with Crippen molar-refractivity contribution in [1.29, 1.82) is 0 Å². The largest absolute Gasteiger partial charge is 0.481 e. The molecule has 0 spiro atoms. The number of carbonyl (C=O) groups excluding carboxylic acids is 1. The van der Waals surface area contributed by atoms with Crippen LogP contribution in [-0.4, -0.2) is 35.1 Å². The summed E-state index contributed by atoms with van der Waals surface area (Å²) in [6, 6.07) is 0.982. The van der Waals surface area contributed by atoms with E-state index in [4.69, 9.17) is 0 Å². The minimum atomic E-state index is -0.789. The van der Waals surface area contributed by atoms with Gasteiger partial charge in [0.1, 0.15) is 0 Å². The minimum absolute atomic E-state index is 0.0423. The number of hydrogen-bond acceptors (Lipinski definition) is 3. The number of fused-ring (bicyclic) bond motifs is 2. The topological polar surface area (TPSA) is 78.4 Å². The second-order valence-corrected chi connectivity index (χ2v) is 7.41. The molecule has 3 fully saturated rings. The Kier molecular flexibility index (Phi) is 3.95. The van der Waals surface area contributed by atoms with Crippen LogP contribution in [-0.2, 0) is 9.59 Å². The lowest BCUT2D eigenvalue weighted by Gasteiger charge is -2.31. The number of rotatable bonds is 4. The first-order valence-electron chi connectivity index (χ1n) is 8.26. The summed E-state index contributed by atoms with van der Waals surface area (Å²) < 4.78 is 0. The molecule has 0 radical (unpaired) electrons.